The van der Waals surface area contributed by atoms with Gasteiger partial charge < -0.3 is 11.1 Å². The Balaban J connectivity index is 1.83. The third-order valence-corrected chi connectivity index (χ3v) is 3.32. The molecule has 0 spiro atoms. The summed E-state index contributed by atoms with van der Waals surface area (Å²) in [5, 5.41) is 2.91. The molecule has 3 N–H and O–H groups in total. The number of amides is 1. The summed E-state index contributed by atoms with van der Waals surface area (Å²) in [6, 6.07) is 8.21. The maximum absolute atomic E-state index is 11.8. The van der Waals surface area contributed by atoms with E-state index >= 15 is 0 Å². The minimum absolute atomic E-state index is 0.0355. The van der Waals surface area contributed by atoms with Crippen molar-refractivity contribution in [1.82, 2.24) is 4.90 Å². The summed E-state index contributed by atoms with van der Waals surface area (Å²) in [6.45, 7) is 4.29. The number of rotatable bonds is 4. The number of carbonyl (C=O) groups excluding carboxylic acids is 1. The molecular weight excluding hydrogens is 226 g/mol. The number of anilines is 1. The normalized spacial score (nSPS) is 20.0. The molecule has 0 unspecified atom stereocenters. The number of benzene rings is 1. The summed E-state index contributed by atoms with van der Waals surface area (Å²) in [5.41, 5.74) is 7.95. The molecule has 1 aromatic rings. The lowest BCUT2D eigenvalue weighted by molar-refractivity contribution is -0.117. The van der Waals surface area contributed by atoms with Crippen LogP contribution in [0.4, 0.5) is 5.69 Å². The zero-order valence-corrected chi connectivity index (χ0v) is 10.9. The molecule has 4 nitrogen and oxygen atoms in total. The number of nitrogens with zero attached hydrogens (tertiary/aromatic N) is 1. The summed E-state index contributed by atoms with van der Waals surface area (Å²) >= 11 is 0. The van der Waals surface area contributed by atoms with Gasteiger partial charge in [-0.1, -0.05) is 19.1 Å². The number of nitrogens with two attached hydrogens (primary N) is 1. The van der Waals surface area contributed by atoms with Gasteiger partial charge in [-0.15, -0.1) is 0 Å². The van der Waals surface area contributed by atoms with Crippen LogP contribution in [-0.2, 0) is 11.2 Å². The SMILES string of the molecule is CCc1ccc(NC(=O)CN2CC[C@H](N)C2)cc1. The van der Waals surface area contributed by atoms with Gasteiger partial charge >= 0.3 is 0 Å². The van der Waals surface area contributed by atoms with Crippen LogP contribution in [0.3, 0.4) is 0 Å². The molecule has 1 aliphatic rings. The molecule has 0 aliphatic carbocycles. The molecule has 1 aliphatic heterocycles. The Morgan fingerprint density at radius 3 is 2.72 bits per heavy atom. The van der Waals surface area contributed by atoms with E-state index in [9.17, 15) is 4.79 Å². The Morgan fingerprint density at radius 1 is 1.44 bits per heavy atom. The largest absolute Gasteiger partial charge is 0.326 e. The highest BCUT2D eigenvalue weighted by Gasteiger charge is 2.20. The van der Waals surface area contributed by atoms with Gasteiger partial charge in [0.05, 0.1) is 6.54 Å². The number of nitrogens with one attached hydrogen (secondary N) is 1. The topological polar surface area (TPSA) is 58.4 Å². The van der Waals surface area contributed by atoms with Crippen LogP contribution in [0.2, 0.25) is 0 Å². The molecular formula is C14H21N3O. The molecule has 0 aromatic heterocycles. The van der Waals surface area contributed by atoms with E-state index in [0.29, 0.717) is 6.54 Å². The summed E-state index contributed by atoms with van der Waals surface area (Å²) in [5.74, 6) is 0.0355. The van der Waals surface area contributed by atoms with E-state index in [4.69, 9.17) is 5.73 Å². The zero-order valence-electron chi connectivity index (χ0n) is 10.9. The Kier molecular flexibility index (Phi) is 4.33. The molecule has 1 saturated heterocycles. The predicted molar refractivity (Wildman–Crippen MR) is 73.5 cm³/mol. The molecule has 1 fully saturated rings. The van der Waals surface area contributed by atoms with E-state index in [1.165, 1.54) is 5.56 Å². The summed E-state index contributed by atoms with van der Waals surface area (Å²) in [4.78, 5) is 13.9. The van der Waals surface area contributed by atoms with E-state index in [2.05, 4.69) is 17.1 Å². The third-order valence-electron chi connectivity index (χ3n) is 3.32. The van der Waals surface area contributed by atoms with Gasteiger partial charge in [-0.25, -0.2) is 0 Å². The Labute approximate surface area is 108 Å². The number of likely N-dealkylation sites (tertiary alicyclic amines) is 1. The minimum Gasteiger partial charge on any atom is -0.326 e. The minimum atomic E-state index is 0.0355. The van der Waals surface area contributed by atoms with Gasteiger partial charge in [-0.05, 0) is 30.5 Å². The van der Waals surface area contributed by atoms with Crippen LogP contribution in [0.1, 0.15) is 18.9 Å². The average molecular weight is 247 g/mol. The molecule has 2 rings (SSSR count). The second-order valence-corrected chi connectivity index (χ2v) is 4.88. The van der Waals surface area contributed by atoms with Gasteiger partial charge in [0, 0.05) is 24.8 Å². The van der Waals surface area contributed by atoms with Crippen LogP contribution in [0.25, 0.3) is 0 Å². The van der Waals surface area contributed by atoms with Gasteiger partial charge in [-0.3, -0.25) is 9.69 Å². The molecule has 0 radical (unpaired) electrons. The third kappa shape index (κ3) is 3.55. The smallest absolute Gasteiger partial charge is 0.238 e. The van der Waals surface area contributed by atoms with E-state index in [-0.39, 0.29) is 11.9 Å². The van der Waals surface area contributed by atoms with E-state index in [0.717, 1.165) is 31.6 Å². The van der Waals surface area contributed by atoms with Crippen molar-refractivity contribution in [2.75, 3.05) is 25.0 Å². The predicted octanol–water partition coefficient (Wildman–Crippen LogP) is 1.22. The van der Waals surface area contributed by atoms with E-state index in [1.54, 1.807) is 0 Å². The highest BCUT2D eigenvalue weighted by atomic mass is 16.2. The average Bonchev–Trinajstić information content (AvgIpc) is 2.75. The molecule has 0 bridgehead atoms. The molecule has 1 atom stereocenters. The van der Waals surface area contributed by atoms with Crippen LogP contribution >= 0.6 is 0 Å². The Hall–Kier alpha value is -1.39. The standard InChI is InChI=1S/C14H21N3O/c1-2-11-3-5-13(6-4-11)16-14(18)10-17-8-7-12(15)9-17/h3-6,12H,2,7-10,15H2,1H3,(H,16,18)/t12-/m0/s1. The van der Waals surface area contributed by atoms with Crippen molar-refractivity contribution in [3.63, 3.8) is 0 Å². The van der Waals surface area contributed by atoms with Crippen LogP contribution in [-0.4, -0.2) is 36.5 Å². The van der Waals surface area contributed by atoms with Crippen LogP contribution in [0.5, 0.6) is 0 Å². The fraction of sp³-hybridized carbons (Fsp3) is 0.500. The molecule has 98 valence electrons. The van der Waals surface area contributed by atoms with Gasteiger partial charge in [-0.2, -0.15) is 0 Å². The van der Waals surface area contributed by atoms with Gasteiger partial charge in [0.1, 0.15) is 0 Å². The first-order valence-corrected chi connectivity index (χ1v) is 6.54. The van der Waals surface area contributed by atoms with Gasteiger partial charge in [0.15, 0.2) is 0 Å². The second kappa shape index (κ2) is 5.98. The van der Waals surface area contributed by atoms with Gasteiger partial charge in [0.25, 0.3) is 0 Å². The number of aryl methyl sites for hydroxylation is 1. The summed E-state index contributed by atoms with van der Waals surface area (Å²) in [6.07, 6.45) is 2.00. The Morgan fingerprint density at radius 2 is 2.17 bits per heavy atom. The molecule has 4 heteroatoms. The fourth-order valence-electron chi connectivity index (χ4n) is 2.23. The van der Waals surface area contributed by atoms with Crippen LogP contribution < -0.4 is 11.1 Å². The maximum atomic E-state index is 11.8. The fourth-order valence-corrected chi connectivity index (χ4v) is 2.23. The first-order chi connectivity index (χ1) is 8.67. The highest BCUT2D eigenvalue weighted by molar-refractivity contribution is 5.92. The van der Waals surface area contributed by atoms with E-state index < -0.39 is 0 Å². The number of hydrogen-bond acceptors (Lipinski definition) is 3. The molecule has 1 heterocycles. The van der Waals surface area contributed by atoms with E-state index in [1.807, 2.05) is 24.3 Å². The molecule has 1 aromatic carbocycles. The quantitative estimate of drug-likeness (QED) is 0.841. The van der Waals surface area contributed by atoms with Crippen molar-refractivity contribution >= 4 is 11.6 Å². The molecule has 0 saturated carbocycles. The van der Waals surface area contributed by atoms with Crippen molar-refractivity contribution in [3.05, 3.63) is 29.8 Å². The number of hydrogen-bond donors (Lipinski definition) is 2. The first kappa shape index (κ1) is 13.1. The lowest BCUT2D eigenvalue weighted by Crippen LogP contribution is -2.33. The summed E-state index contributed by atoms with van der Waals surface area (Å²) in [7, 11) is 0. The maximum Gasteiger partial charge on any atom is 0.238 e. The van der Waals surface area contributed by atoms with Crippen molar-refractivity contribution in [2.45, 2.75) is 25.8 Å². The van der Waals surface area contributed by atoms with Gasteiger partial charge in [0.2, 0.25) is 5.91 Å². The lowest BCUT2D eigenvalue weighted by Gasteiger charge is -2.14. The molecule has 1 amide bonds. The van der Waals surface area contributed by atoms with Crippen molar-refractivity contribution < 1.29 is 4.79 Å². The highest BCUT2D eigenvalue weighted by Crippen LogP contribution is 2.11. The van der Waals surface area contributed by atoms with Crippen LogP contribution in [0.15, 0.2) is 24.3 Å². The van der Waals surface area contributed by atoms with Crippen molar-refractivity contribution in [1.29, 1.82) is 0 Å². The Bertz CT molecular complexity index is 402. The monoisotopic (exact) mass is 247 g/mol. The second-order valence-electron chi connectivity index (χ2n) is 4.88. The van der Waals surface area contributed by atoms with Crippen molar-refractivity contribution in [2.24, 2.45) is 5.73 Å². The van der Waals surface area contributed by atoms with Crippen molar-refractivity contribution in [3.8, 4) is 0 Å². The first-order valence-electron chi connectivity index (χ1n) is 6.54. The number of carbonyl (C=O) groups is 1. The summed E-state index contributed by atoms with van der Waals surface area (Å²) < 4.78 is 0. The lowest BCUT2D eigenvalue weighted by atomic mass is 10.1. The zero-order chi connectivity index (χ0) is 13.0. The molecule has 18 heavy (non-hydrogen) atoms. The van der Waals surface area contributed by atoms with Crippen LogP contribution in [0, 0.1) is 0 Å².